The van der Waals surface area contributed by atoms with Gasteiger partial charge >= 0.3 is 11.7 Å². The van der Waals surface area contributed by atoms with E-state index in [-0.39, 0.29) is 20.1 Å². The number of aromatic nitrogens is 3. The van der Waals surface area contributed by atoms with Gasteiger partial charge in [-0.1, -0.05) is 11.6 Å². The maximum Gasteiger partial charge on any atom is 0.334 e. The summed E-state index contributed by atoms with van der Waals surface area (Å²) < 4.78 is 27.3. The lowest BCUT2D eigenvalue weighted by molar-refractivity contribution is 0.256. The Morgan fingerprint density at radius 3 is 2.61 bits per heavy atom. The monoisotopic (exact) mass is 523 g/mol. The van der Waals surface area contributed by atoms with Gasteiger partial charge in [0.05, 0.1) is 27.1 Å². The van der Waals surface area contributed by atoms with Crippen LogP contribution in [-0.2, 0) is 10.0 Å². The van der Waals surface area contributed by atoms with Crippen molar-refractivity contribution < 1.29 is 13.2 Å². The molecule has 0 spiro atoms. The minimum atomic E-state index is -4.09. The number of sulfonamides is 1. The van der Waals surface area contributed by atoms with Crippen LogP contribution in [0.25, 0.3) is 16.7 Å². The number of amides is 2. The number of hydrogen-bond acceptors (Lipinski definition) is 8. The topological polar surface area (TPSA) is 143 Å². The average Bonchev–Trinajstić information content (AvgIpc) is 3.22. The standard InChI is InChI=1S/C19H14ClN5O5S3/c1-31-11-3-4-13-12(8-11)17(26)25(19(28)23-13)15-6-2-10(9-21-15)22-18(27)24-33(29,30)16-7-5-14(20)32-16/h2-9H,1H3,(H,23,28)(H2,22,24,27). The number of urea groups is 1. The fourth-order valence-corrected chi connectivity index (χ4v) is 5.72. The van der Waals surface area contributed by atoms with E-state index in [1.54, 1.807) is 18.2 Å². The number of aromatic amines is 1. The summed E-state index contributed by atoms with van der Waals surface area (Å²) >= 11 is 8.00. The van der Waals surface area contributed by atoms with Crippen LogP contribution in [0.2, 0.25) is 4.34 Å². The quantitative estimate of drug-likeness (QED) is 0.341. The third-order valence-corrected chi connectivity index (χ3v) is 8.16. The summed E-state index contributed by atoms with van der Waals surface area (Å²) in [5.41, 5.74) is -0.666. The van der Waals surface area contributed by atoms with Crippen molar-refractivity contribution in [1.82, 2.24) is 19.3 Å². The molecule has 170 valence electrons. The second-order valence-electron chi connectivity index (χ2n) is 6.51. The largest absolute Gasteiger partial charge is 0.334 e. The number of thiophene rings is 1. The Morgan fingerprint density at radius 2 is 1.97 bits per heavy atom. The highest BCUT2D eigenvalue weighted by molar-refractivity contribution is 7.98. The predicted molar refractivity (Wildman–Crippen MR) is 128 cm³/mol. The van der Waals surface area contributed by atoms with Gasteiger partial charge in [-0.05, 0) is 48.7 Å². The van der Waals surface area contributed by atoms with Crippen molar-refractivity contribution in [1.29, 1.82) is 0 Å². The number of fused-ring (bicyclic) bond motifs is 1. The number of pyridine rings is 1. The number of anilines is 1. The van der Waals surface area contributed by atoms with E-state index in [1.807, 2.05) is 11.0 Å². The van der Waals surface area contributed by atoms with Crippen LogP contribution in [0.1, 0.15) is 0 Å². The zero-order chi connectivity index (χ0) is 23.8. The van der Waals surface area contributed by atoms with Gasteiger partial charge in [-0.25, -0.2) is 32.3 Å². The maximum absolute atomic E-state index is 12.9. The summed E-state index contributed by atoms with van der Waals surface area (Å²) in [6.45, 7) is 0. The predicted octanol–water partition coefficient (Wildman–Crippen LogP) is 3.02. The number of benzene rings is 1. The highest BCUT2D eigenvalue weighted by atomic mass is 35.5. The van der Waals surface area contributed by atoms with E-state index in [4.69, 9.17) is 11.6 Å². The molecule has 33 heavy (non-hydrogen) atoms. The van der Waals surface area contributed by atoms with E-state index in [0.717, 1.165) is 20.8 Å². The highest BCUT2D eigenvalue weighted by Gasteiger charge is 2.20. The van der Waals surface area contributed by atoms with E-state index in [0.29, 0.717) is 10.9 Å². The Morgan fingerprint density at radius 1 is 1.18 bits per heavy atom. The summed E-state index contributed by atoms with van der Waals surface area (Å²) in [6, 6.07) is 9.53. The number of nitrogens with one attached hydrogen (secondary N) is 3. The molecule has 10 nitrogen and oxygen atoms in total. The first kappa shape index (κ1) is 23.0. The van der Waals surface area contributed by atoms with Crippen molar-refractivity contribution in [3.8, 4) is 5.82 Å². The van der Waals surface area contributed by atoms with Crippen molar-refractivity contribution in [3.05, 3.63) is 73.8 Å². The van der Waals surface area contributed by atoms with Gasteiger partial charge in [-0.3, -0.25) is 4.79 Å². The Labute approximate surface area is 199 Å². The lowest BCUT2D eigenvalue weighted by Crippen LogP contribution is -2.35. The van der Waals surface area contributed by atoms with Crippen LogP contribution in [-0.4, -0.2) is 35.2 Å². The molecule has 3 N–H and O–H groups in total. The molecular weight excluding hydrogens is 510 g/mol. The van der Waals surface area contributed by atoms with Gasteiger partial charge in [0.1, 0.15) is 10.0 Å². The third-order valence-electron chi connectivity index (χ3n) is 4.38. The molecule has 0 unspecified atom stereocenters. The van der Waals surface area contributed by atoms with Crippen LogP contribution in [0, 0.1) is 0 Å². The van der Waals surface area contributed by atoms with Crippen molar-refractivity contribution >= 4 is 67.3 Å². The molecule has 0 fully saturated rings. The molecule has 14 heteroatoms. The summed E-state index contributed by atoms with van der Waals surface area (Å²) in [5, 5.41) is 2.65. The fourth-order valence-electron chi connectivity index (χ4n) is 2.89. The Kier molecular flexibility index (Phi) is 6.30. The Balaban J connectivity index is 1.57. The van der Waals surface area contributed by atoms with Crippen LogP contribution < -0.4 is 21.3 Å². The lowest BCUT2D eigenvalue weighted by Gasteiger charge is -2.09. The van der Waals surface area contributed by atoms with E-state index in [9.17, 15) is 22.8 Å². The molecule has 0 saturated carbocycles. The van der Waals surface area contributed by atoms with Crippen molar-refractivity contribution in [3.63, 3.8) is 0 Å². The third kappa shape index (κ3) is 4.80. The van der Waals surface area contributed by atoms with Crippen LogP contribution in [0.5, 0.6) is 0 Å². The first-order valence-corrected chi connectivity index (χ1v) is 13.0. The number of halogens is 1. The minimum Gasteiger partial charge on any atom is -0.306 e. The van der Waals surface area contributed by atoms with Gasteiger partial charge in [-0.15, -0.1) is 23.1 Å². The van der Waals surface area contributed by atoms with Crippen molar-refractivity contribution in [2.45, 2.75) is 9.10 Å². The minimum absolute atomic E-state index is 0.0320. The summed E-state index contributed by atoms with van der Waals surface area (Å²) in [4.78, 5) is 45.1. The number of rotatable bonds is 5. The molecule has 2 amide bonds. The molecule has 4 rings (SSSR count). The maximum atomic E-state index is 12.9. The van der Waals surface area contributed by atoms with Gasteiger partial charge in [0.25, 0.3) is 15.6 Å². The van der Waals surface area contributed by atoms with E-state index >= 15 is 0 Å². The summed E-state index contributed by atoms with van der Waals surface area (Å²) in [5.74, 6) is 0.0320. The number of H-pyrrole nitrogens is 1. The van der Waals surface area contributed by atoms with Gasteiger partial charge in [-0.2, -0.15) is 0 Å². The molecule has 3 aromatic heterocycles. The van der Waals surface area contributed by atoms with E-state index in [2.05, 4.69) is 15.3 Å². The number of hydrogen-bond donors (Lipinski definition) is 3. The first-order valence-electron chi connectivity index (χ1n) is 9.06. The molecule has 0 radical (unpaired) electrons. The second kappa shape index (κ2) is 9.02. The van der Waals surface area contributed by atoms with Gasteiger partial charge in [0.15, 0.2) is 0 Å². The molecule has 1 aromatic carbocycles. The summed E-state index contributed by atoms with van der Waals surface area (Å²) in [7, 11) is -4.09. The molecular formula is C19H14ClN5O5S3. The zero-order valence-corrected chi connectivity index (χ0v) is 19.9. The molecule has 0 bridgehead atoms. The Bertz CT molecular complexity index is 1590. The molecule has 0 aliphatic carbocycles. The number of thioether (sulfide) groups is 1. The summed E-state index contributed by atoms with van der Waals surface area (Å²) in [6.07, 6.45) is 3.06. The van der Waals surface area contributed by atoms with Crippen LogP contribution >= 0.6 is 34.7 Å². The molecule has 0 aliphatic rings. The molecule has 4 aromatic rings. The van der Waals surface area contributed by atoms with Crippen LogP contribution in [0.4, 0.5) is 10.5 Å². The molecule has 3 heterocycles. The normalized spacial score (nSPS) is 11.5. The first-order chi connectivity index (χ1) is 15.7. The fraction of sp³-hybridized carbons (Fsp3) is 0.0526. The van der Waals surface area contributed by atoms with Gasteiger partial charge in [0, 0.05) is 4.90 Å². The number of nitrogens with zero attached hydrogens (tertiary/aromatic N) is 2. The van der Waals surface area contributed by atoms with Crippen LogP contribution in [0.3, 0.4) is 0 Å². The second-order valence-corrected chi connectivity index (χ2v) is 11.0. The molecule has 0 atom stereocenters. The highest BCUT2D eigenvalue weighted by Crippen LogP contribution is 2.25. The number of carbonyl (C=O) groups excluding carboxylic acids is 1. The molecule has 0 aliphatic heterocycles. The lowest BCUT2D eigenvalue weighted by atomic mass is 10.2. The van der Waals surface area contributed by atoms with E-state index < -0.39 is 27.3 Å². The number of carbonyl (C=O) groups is 1. The van der Waals surface area contributed by atoms with E-state index in [1.165, 1.54) is 42.2 Å². The smallest absolute Gasteiger partial charge is 0.306 e. The van der Waals surface area contributed by atoms with Gasteiger partial charge in [0.2, 0.25) is 0 Å². The Hall–Kier alpha value is -3.13. The zero-order valence-electron chi connectivity index (χ0n) is 16.7. The average molecular weight is 524 g/mol. The van der Waals surface area contributed by atoms with Gasteiger partial charge < -0.3 is 10.3 Å². The van der Waals surface area contributed by atoms with Crippen LogP contribution in [0.15, 0.2) is 67.4 Å². The SMILES string of the molecule is CSc1ccc2[nH]c(=O)n(-c3ccc(NC(=O)NS(=O)(=O)c4ccc(Cl)s4)cn3)c(=O)c2c1. The van der Waals surface area contributed by atoms with Crippen molar-refractivity contribution in [2.75, 3.05) is 11.6 Å². The van der Waals surface area contributed by atoms with Crippen molar-refractivity contribution in [2.24, 2.45) is 0 Å². The molecule has 0 saturated heterocycles.